The van der Waals surface area contributed by atoms with Crippen LogP contribution in [0.15, 0.2) is 4.99 Å². The smallest absolute Gasteiger partial charge is 0.171 e. The summed E-state index contributed by atoms with van der Waals surface area (Å²) in [5.74, 6) is 0.237. The minimum absolute atomic E-state index is 0.237. The number of halogens is 2. The van der Waals surface area contributed by atoms with E-state index in [-0.39, 0.29) is 5.84 Å². The minimum atomic E-state index is -1.02. The molecule has 0 heterocycles. The van der Waals surface area contributed by atoms with E-state index in [4.69, 9.17) is 28.9 Å². The van der Waals surface area contributed by atoms with E-state index < -0.39 is 4.33 Å². The number of hydrogen-bond acceptors (Lipinski definition) is 1. The van der Waals surface area contributed by atoms with Crippen LogP contribution in [0.1, 0.15) is 6.92 Å². The normalized spacial score (nSPS) is 14.2. The number of aliphatic imine (C=N–C) groups is 1. The van der Waals surface area contributed by atoms with E-state index in [2.05, 4.69) is 4.99 Å². The lowest BCUT2D eigenvalue weighted by molar-refractivity contribution is 1.13. The van der Waals surface area contributed by atoms with Gasteiger partial charge in [-0.05, 0) is 6.92 Å². The van der Waals surface area contributed by atoms with Gasteiger partial charge < -0.3 is 5.73 Å². The first kappa shape index (κ1) is 8.05. The highest BCUT2D eigenvalue weighted by Crippen LogP contribution is 2.18. The number of amidine groups is 1. The van der Waals surface area contributed by atoms with E-state index in [0.29, 0.717) is 0 Å². The van der Waals surface area contributed by atoms with Crippen molar-refractivity contribution in [2.75, 3.05) is 7.05 Å². The number of hydrogen-bond donors (Lipinski definition) is 1. The van der Waals surface area contributed by atoms with E-state index in [1.807, 2.05) is 0 Å². The fourth-order valence-corrected chi connectivity index (χ4v) is 0.365. The van der Waals surface area contributed by atoms with Crippen LogP contribution >= 0.6 is 23.2 Å². The van der Waals surface area contributed by atoms with Gasteiger partial charge in [0.2, 0.25) is 0 Å². The molecular weight excluding hydrogens is 147 g/mol. The van der Waals surface area contributed by atoms with E-state index in [9.17, 15) is 0 Å². The summed E-state index contributed by atoms with van der Waals surface area (Å²) in [7, 11) is 1.54. The van der Waals surface area contributed by atoms with Crippen molar-refractivity contribution in [2.45, 2.75) is 11.3 Å². The van der Waals surface area contributed by atoms with Crippen LogP contribution in [0.5, 0.6) is 0 Å². The molecule has 8 heavy (non-hydrogen) atoms. The minimum Gasteiger partial charge on any atom is -0.385 e. The highest BCUT2D eigenvalue weighted by atomic mass is 35.5. The Balaban J connectivity index is 4.03. The summed E-state index contributed by atoms with van der Waals surface area (Å²) in [4.78, 5) is 3.59. The molecule has 0 saturated carbocycles. The molecule has 0 bridgehead atoms. The molecule has 0 aliphatic rings. The molecule has 0 radical (unpaired) electrons. The van der Waals surface area contributed by atoms with Crippen molar-refractivity contribution in [2.24, 2.45) is 10.7 Å². The van der Waals surface area contributed by atoms with Gasteiger partial charge >= 0.3 is 0 Å². The fraction of sp³-hybridized carbons (Fsp3) is 0.750. The Kier molecular flexibility index (Phi) is 2.57. The Morgan fingerprint density at radius 3 is 2.00 bits per heavy atom. The predicted octanol–water partition coefficient (Wildman–Crippen LogP) is 1.17. The molecule has 2 N–H and O–H groups in total. The highest BCUT2D eigenvalue weighted by molar-refractivity contribution is 6.58. The van der Waals surface area contributed by atoms with Crippen LogP contribution in [-0.4, -0.2) is 17.2 Å². The summed E-state index contributed by atoms with van der Waals surface area (Å²) in [5.41, 5.74) is 5.24. The lowest BCUT2D eigenvalue weighted by Gasteiger charge is -2.09. The SMILES string of the molecule is CN=C(N)C(C)(Cl)Cl. The number of nitrogens with two attached hydrogens (primary N) is 1. The van der Waals surface area contributed by atoms with Gasteiger partial charge in [0.1, 0.15) is 5.84 Å². The molecule has 0 aromatic rings. The maximum Gasteiger partial charge on any atom is 0.171 e. The molecule has 0 aromatic heterocycles. The van der Waals surface area contributed by atoms with Crippen molar-refractivity contribution in [3.05, 3.63) is 0 Å². The molecular formula is C4H8Cl2N2. The van der Waals surface area contributed by atoms with Crippen LogP contribution in [0.3, 0.4) is 0 Å². The zero-order valence-electron chi connectivity index (χ0n) is 4.78. The van der Waals surface area contributed by atoms with Gasteiger partial charge in [-0.3, -0.25) is 4.99 Å². The zero-order chi connectivity index (χ0) is 6.78. The lowest BCUT2D eigenvalue weighted by atomic mass is 10.4. The second kappa shape index (κ2) is 2.55. The summed E-state index contributed by atoms with van der Waals surface area (Å²) in [6.45, 7) is 1.57. The van der Waals surface area contributed by atoms with Gasteiger partial charge in [0, 0.05) is 7.05 Å². The van der Waals surface area contributed by atoms with Crippen LogP contribution in [0.25, 0.3) is 0 Å². The summed E-state index contributed by atoms with van der Waals surface area (Å²) in [6.07, 6.45) is 0. The standard InChI is InChI=1S/C4H8Cl2N2/c1-4(5,6)3(7)8-2/h1-2H3,(H2,7,8). The van der Waals surface area contributed by atoms with Gasteiger partial charge in [0.25, 0.3) is 0 Å². The first-order chi connectivity index (χ1) is 3.48. The molecule has 0 unspecified atom stereocenters. The number of rotatable bonds is 1. The van der Waals surface area contributed by atoms with Crippen LogP contribution in [0.2, 0.25) is 0 Å². The third-order valence-corrected chi connectivity index (χ3v) is 1.08. The molecule has 48 valence electrons. The Bertz CT molecular complexity index is 103. The Morgan fingerprint density at radius 1 is 1.62 bits per heavy atom. The predicted molar refractivity (Wildman–Crippen MR) is 37.7 cm³/mol. The quantitative estimate of drug-likeness (QED) is 0.344. The van der Waals surface area contributed by atoms with Gasteiger partial charge in [-0.1, -0.05) is 23.2 Å². The van der Waals surface area contributed by atoms with Crippen molar-refractivity contribution in [1.29, 1.82) is 0 Å². The summed E-state index contributed by atoms with van der Waals surface area (Å²) in [6, 6.07) is 0. The zero-order valence-corrected chi connectivity index (χ0v) is 6.29. The third-order valence-electron chi connectivity index (χ3n) is 0.691. The number of alkyl halides is 2. The van der Waals surface area contributed by atoms with Crippen molar-refractivity contribution in [3.8, 4) is 0 Å². The molecule has 2 nitrogen and oxygen atoms in total. The lowest BCUT2D eigenvalue weighted by Crippen LogP contribution is -2.30. The van der Waals surface area contributed by atoms with E-state index in [1.165, 1.54) is 0 Å². The molecule has 4 heteroatoms. The first-order valence-corrected chi connectivity index (χ1v) is 2.84. The summed E-state index contributed by atoms with van der Waals surface area (Å²) in [5, 5.41) is 0. The van der Waals surface area contributed by atoms with Gasteiger partial charge in [-0.25, -0.2) is 0 Å². The van der Waals surface area contributed by atoms with Crippen LogP contribution < -0.4 is 5.73 Å². The van der Waals surface area contributed by atoms with E-state index in [1.54, 1.807) is 14.0 Å². The Hall–Kier alpha value is 0.0500. The highest BCUT2D eigenvalue weighted by Gasteiger charge is 2.20. The molecule has 0 aromatic carbocycles. The largest absolute Gasteiger partial charge is 0.385 e. The van der Waals surface area contributed by atoms with E-state index in [0.717, 1.165) is 0 Å². The van der Waals surface area contributed by atoms with Crippen LogP contribution in [0.4, 0.5) is 0 Å². The average Bonchev–Trinajstić information content (AvgIpc) is 1.62. The van der Waals surface area contributed by atoms with Crippen LogP contribution in [-0.2, 0) is 0 Å². The maximum atomic E-state index is 5.49. The first-order valence-electron chi connectivity index (χ1n) is 2.09. The topological polar surface area (TPSA) is 38.4 Å². The van der Waals surface area contributed by atoms with Gasteiger partial charge in [-0.15, -0.1) is 0 Å². The molecule has 0 saturated heterocycles. The van der Waals surface area contributed by atoms with Gasteiger partial charge in [0.15, 0.2) is 4.33 Å². The van der Waals surface area contributed by atoms with Gasteiger partial charge in [0.05, 0.1) is 0 Å². The van der Waals surface area contributed by atoms with Crippen molar-refractivity contribution < 1.29 is 0 Å². The third kappa shape index (κ3) is 2.38. The van der Waals surface area contributed by atoms with Crippen LogP contribution in [0, 0.1) is 0 Å². The molecule has 0 fully saturated rings. The Labute approximate surface area is 58.7 Å². The molecule has 0 spiro atoms. The monoisotopic (exact) mass is 154 g/mol. The van der Waals surface area contributed by atoms with Gasteiger partial charge in [-0.2, -0.15) is 0 Å². The number of nitrogens with zero attached hydrogens (tertiary/aromatic N) is 1. The molecule has 0 aliphatic carbocycles. The summed E-state index contributed by atoms with van der Waals surface area (Å²) < 4.78 is -1.02. The second-order valence-corrected chi connectivity index (χ2v) is 3.20. The molecule has 0 aliphatic heterocycles. The molecule has 0 amide bonds. The fourth-order valence-electron chi connectivity index (χ4n) is 0.196. The average molecular weight is 155 g/mol. The van der Waals surface area contributed by atoms with Crippen molar-refractivity contribution in [1.82, 2.24) is 0 Å². The Morgan fingerprint density at radius 2 is 2.00 bits per heavy atom. The van der Waals surface area contributed by atoms with Crippen molar-refractivity contribution in [3.63, 3.8) is 0 Å². The van der Waals surface area contributed by atoms with Crippen molar-refractivity contribution >= 4 is 29.0 Å². The molecule has 0 atom stereocenters. The summed E-state index contributed by atoms with van der Waals surface area (Å²) >= 11 is 11.0. The maximum absolute atomic E-state index is 5.49. The van der Waals surface area contributed by atoms with E-state index >= 15 is 0 Å². The molecule has 0 rings (SSSR count). The second-order valence-electron chi connectivity index (χ2n) is 1.50.